The lowest BCUT2D eigenvalue weighted by molar-refractivity contribution is -0.141. The Morgan fingerprint density at radius 3 is 2.21 bits per heavy atom. The van der Waals surface area contributed by atoms with Gasteiger partial charge in [-0.1, -0.05) is 95.6 Å². The topological polar surface area (TPSA) is 26.3 Å². The predicted octanol–water partition coefficient (Wildman–Crippen LogP) is 6.19. The molecular weight excluding hydrogens is 704 g/mol. The maximum atomic E-state index is 13.6. The molecule has 4 rings (SSSR count). The van der Waals surface area contributed by atoms with E-state index in [-0.39, 0.29) is 15.4 Å². The third kappa shape index (κ3) is 2.41. The Bertz CT molecular complexity index is 750. The van der Waals surface area contributed by atoms with Gasteiger partial charge in [-0.25, -0.2) is 0 Å². The van der Waals surface area contributed by atoms with Crippen molar-refractivity contribution in [2.24, 2.45) is 0 Å². The summed E-state index contributed by atoms with van der Waals surface area (Å²) in [6.45, 7) is 0. The fourth-order valence-electron chi connectivity index (χ4n) is 3.99. The largest absolute Gasteiger partial charge is 0.478 e. The first-order valence-corrected chi connectivity index (χ1v) is 12.5. The molecule has 1 saturated carbocycles. The summed E-state index contributed by atoms with van der Waals surface area (Å²) in [5.74, 6) is 1.01. The van der Waals surface area contributed by atoms with Gasteiger partial charge in [-0.2, -0.15) is 0 Å². The third-order valence-corrected chi connectivity index (χ3v) is 14.8. The summed E-state index contributed by atoms with van der Waals surface area (Å²) in [5, 5.41) is 0. The van der Waals surface area contributed by atoms with Crippen molar-refractivity contribution in [3.63, 3.8) is 0 Å². The Hall–Kier alpha value is 1.57. The number of benzene rings is 1. The lowest BCUT2D eigenvalue weighted by atomic mass is 9.69. The van der Waals surface area contributed by atoms with E-state index in [0.29, 0.717) is 12.8 Å². The summed E-state index contributed by atoms with van der Waals surface area (Å²) in [7, 11) is 0. The molecule has 2 aliphatic heterocycles. The van der Waals surface area contributed by atoms with Crippen molar-refractivity contribution in [2.75, 3.05) is 0 Å². The van der Waals surface area contributed by atoms with Crippen LogP contribution in [0.25, 0.3) is 0 Å². The highest BCUT2D eigenvalue weighted by Gasteiger charge is 2.71. The second kappa shape index (κ2) is 6.03. The number of hydrogen-bond donors (Lipinski definition) is 0. The zero-order valence-electron chi connectivity index (χ0n) is 12.2. The van der Waals surface area contributed by atoms with Crippen LogP contribution >= 0.6 is 95.6 Å². The van der Waals surface area contributed by atoms with Gasteiger partial charge >= 0.3 is 0 Å². The Balaban J connectivity index is 1.98. The van der Waals surface area contributed by atoms with Gasteiger partial charge < -0.3 is 4.74 Å². The van der Waals surface area contributed by atoms with Gasteiger partial charge in [0, 0.05) is 4.47 Å². The van der Waals surface area contributed by atoms with Crippen molar-refractivity contribution < 1.29 is 9.53 Å². The summed E-state index contributed by atoms with van der Waals surface area (Å²) < 4.78 is 6.36. The maximum Gasteiger partial charge on any atom is 0.195 e. The van der Waals surface area contributed by atoms with Crippen molar-refractivity contribution >= 4 is 101 Å². The highest BCUT2D eigenvalue weighted by molar-refractivity contribution is 9.27. The zero-order valence-corrected chi connectivity index (χ0v) is 21.7. The molecule has 3 aliphatic rings. The number of aryl methyl sites for hydroxylation is 2. The van der Waals surface area contributed by atoms with Crippen molar-refractivity contribution in [2.45, 2.75) is 48.5 Å². The zero-order chi connectivity index (χ0) is 17.5. The number of Topliss-reactive ketones (excluding diaryl/α,β-unsaturated/α-hetero) is 1. The molecule has 1 fully saturated rings. The van der Waals surface area contributed by atoms with Crippen LogP contribution in [0.4, 0.5) is 0 Å². The maximum absolute atomic E-state index is 13.6. The molecule has 8 heteroatoms. The Kier molecular flexibility index (Phi) is 4.75. The summed E-state index contributed by atoms with van der Waals surface area (Å²) in [6, 6.07) is 4.22. The van der Waals surface area contributed by atoms with E-state index in [2.05, 4.69) is 108 Å². The average molecular weight is 716 g/mol. The standard InChI is InChI=1S/C16H12Br6O2/c17-9-5-7-1-3-14(20)11(18)16(21,22)12(19)15(13(14)23)4-2-8(6-9)10(7)24-15/h5-6,11-12H,1-4H2. The molecule has 1 aromatic rings. The van der Waals surface area contributed by atoms with Crippen molar-refractivity contribution in [3.8, 4) is 5.75 Å². The minimum atomic E-state index is -0.906. The first-order valence-electron chi connectivity index (χ1n) is 7.53. The Labute approximate surface area is 191 Å². The smallest absolute Gasteiger partial charge is 0.195 e. The molecule has 4 atom stereocenters. The van der Waals surface area contributed by atoms with Gasteiger partial charge in [-0.05, 0) is 48.9 Å². The fourth-order valence-corrected chi connectivity index (χ4v) is 9.42. The van der Waals surface area contributed by atoms with Crippen molar-refractivity contribution in [1.82, 2.24) is 0 Å². The van der Waals surface area contributed by atoms with Crippen LogP contribution in [-0.4, -0.2) is 28.6 Å². The van der Waals surface area contributed by atoms with Gasteiger partial charge in [0.1, 0.15) is 13.3 Å². The fraction of sp³-hybridized carbons (Fsp3) is 0.562. The van der Waals surface area contributed by atoms with Crippen LogP contribution in [0.2, 0.25) is 0 Å². The highest BCUT2D eigenvalue weighted by atomic mass is 79.9. The van der Waals surface area contributed by atoms with Gasteiger partial charge in [0.05, 0.1) is 9.65 Å². The quantitative estimate of drug-likeness (QED) is 0.300. The molecule has 0 N–H and O–H groups in total. The van der Waals surface area contributed by atoms with E-state index in [1.54, 1.807) is 0 Å². The summed E-state index contributed by atoms with van der Waals surface area (Å²) in [5.41, 5.74) is 1.43. The molecule has 0 amide bonds. The van der Waals surface area contributed by atoms with E-state index in [0.717, 1.165) is 28.6 Å². The van der Waals surface area contributed by atoms with Crippen molar-refractivity contribution in [1.29, 1.82) is 0 Å². The van der Waals surface area contributed by atoms with Gasteiger partial charge in [-0.3, -0.25) is 4.79 Å². The molecule has 130 valence electrons. The minimum Gasteiger partial charge on any atom is -0.478 e. The number of ether oxygens (including phenoxy) is 1. The van der Waals surface area contributed by atoms with Gasteiger partial charge in [0.2, 0.25) is 0 Å². The molecule has 1 aliphatic carbocycles. The normalized spacial score (nSPS) is 39.7. The SMILES string of the molecule is O=C1C2(Br)CCc3cc(Br)cc4c3OC1(CC4)C(Br)C(Br)(Br)C2Br. The molecule has 0 saturated heterocycles. The number of hydrogen-bond acceptors (Lipinski definition) is 2. The van der Waals surface area contributed by atoms with Crippen LogP contribution in [0.15, 0.2) is 16.6 Å². The highest BCUT2D eigenvalue weighted by Crippen LogP contribution is 2.62. The van der Waals surface area contributed by atoms with Gasteiger partial charge in [0.15, 0.2) is 11.4 Å². The Morgan fingerprint density at radius 2 is 1.58 bits per heavy atom. The second-order valence-electron chi connectivity index (χ2n) is 6.64. The number of rotatable bonds is 0. The van der Waals surface area contributed by atoms with E-state index < -0.39 is 13.2 Å². The molecule has 1 aromatic carbocycles. The molecule has 1 spiro atoms. The van der Waals surface area contributed by atoms with Crippen LogP contribution in [0.1, 0.15) is 24.0 Å². The molecule has 24 heavy (non-hydrogen) atoms. The number of carbonyl (C=O) groups excluding carboxylic acids is 1. The van der Waals surface area contributed by atoms with E-state index >= 15 is 0 Å². The average Bonchev–Trinajstić information content (AvgIpc) is 2.55. The molecule has 2 heterocycles. The van der Waals surface area contributed by atoms with Crippen LogP contribution in [-0.2, 0) is 17.6 Å². The van der Waals surface area contributed by atoms with Crippen LogP contribution in [0.5, 0.6) is 5.75 Å². The van der Waals surface area contributed by atoms with Gasteiger partial charge in [-0.15, -0.1) is 0 Å². The molecule has 3 bridgehead atoms. The van der Waals surface area contributed by atoms with E-state index in [1.165, 1.54) is 5.56 Å². The van der Waals surface area contributed by atoms with Crippen LogP contribution in [0.3, 0.4) is 0 Å². The second-order valence-corrected chi connectivity index (χ2v) is 14.5. The molecule has 2 nitrogen and oxygen atoms in total. The molecule has 0 aromatic heterocycles. The van der Waals surface area contributed by atoms with E-state index in [1.807, 2.05) is 0 Å². The predicted molar refractivity (Wildman–Crippen MR) is 117 cm³/mol. The van der Waals surface area contributed by atoms with E-state index in [4.69, 9.17) is 4.74 Å². The van der Waals surface area contributed by atoms with E-state index in [9.17, 15) is 4.79 Å². The van der Waals surface area contributed by atoms with Gasteiger partial charge in [0.25, 0.3) is 0 Å². The van der Waals surface area contributed by atoms with Crippen LogP contribution < -0.4 is 4.74 Å². The monoisotopic (exact) mass is 710 g/mol. The number of fused-ring (bicyclic) bond motifs is 1. The summed E-state index contributed by atoms with van der Waals surface area (Å²) >= 11 is 22.6. The molecule has 0 radical (unpaired) electrons. The minimum absolute atomic E-state index is 0.118. The molecular formula is C16H12Br6O2. The van der Waals surface area contributed by atoms with Crippen molar-refractivity contribution in [3.05, 3.63) is 27.7 Å². The lowest BCUT2D eigenvalue weighted by Crippen LogP contribution is -2.74. The number of halogens is 6. The number of carbonyl (C=O) groups is 1. The van der Waals surface area contributed by atoms with Crippen LogP contribution in [0, 0.1) is 0 Å². The first-order chi connectivity index (χ1) is 11.1. The lowest BCUT2D eigenvalue weighted by Gasteiger charge is -2.57. The molecule has 4 unspecified atom stereocenters. The summed E-state index contributed by atoms with van der Waals surface area (Å²) in [4.78, 5) is 13.2. The summed E-state index contributed by atoms with van der Waals surface area (Å²) in [6.07, 6.45) is 2.95. The number of ketones is 1. The third-order valence-electron chi connectivity index (χ3n) is 5.26. The number of alkyl halides is 5. The Morgan fingerprint density at radius 1 is 1.00 bits per heavy atom. The first kappa shape index (κ1) is 18.9.